The summed E-state index contributed by atoms with van der Waals surface area (Å²) in [6, 6.07) is 0. The lowest BCUT2D eigenvalue weighted by molar-refractivity contribution is -0.115. The summed E-state index contributed by atoms with van der Waals surface area (Å²) in [6.07, 6.45) is 0.477. The van der Waals surface area contributed by atoms with E-state index in [-0.39, 0.29) is 5.78 Å². The van der Waals surface area contributed by atoms with Crippen LogP contribution < -0.4 is 10.6 Å². The zero-order valence-corrected chi connectivity index (χ0v) is 6.60. The molecule has 0 bridgehead atoms. The van der Waals surface area contributed by atoms with Crippen LogP contribution in [0, 0.1) is 6.67 Å². The van der Waals surface area contributed by atoms with Crippen LogP contribution in [0.1, 0.15) is 13.3 Å². The maximum absolute atomic E-state index is 11.1. The zero-order valence-electron chi connectivity index (χ0n) is 6.60. The summed E-state index contributed by atoms with van der Waals surface area (Å²) in [6.45, 7) is 3.38. The van der Waals surface area contributed by atoms with E-state index in [4.69, 9.17) is 4.74 Å². The molecule has 2 N–H and O–H groups in total. The number of hydrogen-bond donors (Lipinski definition) is 2. The first-order chi connectivity index (χ1) is 5.29. The number of Topliss-reactive ketones (excluding diaryl/α,β-unsaturated/α-hetero) is 1. The van der Waals surface area contributed by atoms with Gasteiger partial charge in [0.1, 0.15) is 12.4 Å². The SMILES string of the molecule is CCC(=O)C1=C(OC)N[CH]N1. The average molecular weight is 155 g/mol. The van der Waals surface area contributed by atoms with Crippen molar-refractivity contribution in [3.05, 3.63) is 18.2 Å². The number of ether oxygens (including phenoxy) is 1. The van der Waals surface area contributed by atoms with Crippen molar-refractivity contribution < 1.29 is 9.53 Å². The van der Waals surface area contributed by atoms with Crippen LogP contribution in [0.2, 0.25) is 0 Å². The number of carbonyl (C=O) groups is 1. The van der Waals surface area contributed by atoms with Crippen LogP contribution in [-0.4, -0.2) is 12.9 Å². The zero-order chi connectivity index (χ0) is 8.27. The Balaban J connectivity index is 2.74. The van der Waals surface area contributed by atoms with E-state index >= 15 is 0 Å². The number of nitrogens with one attached hydrogen (secondary N) is 2. The number of rotatable bonds is 3. The molecule has 1 heterocycles. The summed E-state index contributed by atoms with van der Waals surface area (Å²) in [5.41, 5.74) is 0.509. The molecule has 0 spiro atoms. The van der Waals surface area contributed by atoms with Gasteiger partial charge in [-0.25, -0.2) is 0 Å². The fourth-order valence-electron chi connectivity index (χ4n) is 0.856. The molecule has 0 saturated heterocycles. The largest absolute Gasteiger partial charge is 0.481 e. The van der Waals surface area contributed by atoms with Gasteiger partial charge in [-0.1, -0.05) is 6.92 Å². The van der Waals surface area contributed by atoms with Gasteiger partial charge in [-0.05, 0) is 0 Å². The molecule has 4 nitrogen and oxygen atoms in total. The quantitative estimate of drug-likeness (QED) is 0.606. The minimum atomic E-state index is 0.0445. The van der Waals surface area contributed by atoms with Crippen LogP contribution in [0.4, 0.5) is 0 Å². The summed E-state index contributed by atoms with van der Waals surface area (Å²) in [5, 5.41) is 5.55. The van der Waals surface area contributed by atoms with E-state index in [0.717, 1.165) is 0 Å². The van der Waals surface area contributed by atoms with Crippen molar-refractivity contribution in [1.29, 1.82) is 0 Å². The lowest BCUT2D eigenvalue weighted by Crippen LogP contribution is -2.13. The van der Waals surface area contributed by atoms with Gasteiger partial charge in [0.25, 0.3) is 0 Å². The van der Waals surface area contributed by atoms with Gasteiger partial charge < -0.3 is 15.4 Å². The first-order valence-corrected chi connectivity index (χ1v) is 3.45. The van der Waals surface area contributed by atoms with Crippen molar-refractivity contribution in [3.8, 4) is 0 Å². The maximum Gasteiger partial charge on any atom is 0.216 e. The second-order valence-corrected chi connectivity index (χ2v) is 2.12. The van der Waals surface area contributed by atoms with E-state index in [1.165, 1.54) is 7.11 Å². The Morgan fingerprint density at radius 3 is 2.91 bits per heavy atom. The molecule has 1 radical (unpaired) electrons. The molecule has 11 heavy (non-hydrogen) atoms. The Kier molecular flexibility index (Phi) is 2.36. The highest BCUT2D eigenvalue weighted by molar-refractivity contribution is 5.95. The highest BCUT2D eigenvalue weighted by atomic mass is 16.5. The first kappa shape index (κ1) is 7.91. The number of allylic oxidation sites excluding steroid dienone is 1. The third-order valence-corrected chi connectivity index (χ3v) is 1.45. The van der Waals surface area contributed by atoms with Crippen LogP contribution in [0.15, 0.2) is 11.6 Å². The molecule has 61 valence electrons. The summed E-state index contributed by atoms with van der Waals surface area (Å²) >= 11 is 0. The Morgan fingerprint density at radius 2 is 2.36 bits per heavy atom. The Labute approximate surface area is 65.6 Å². The maximum atomic E-state index is 11.1. The molecule has 1 rings (SSSR count). The number of ketones is 1. The normalized spacial score (nSPS) is 15.8. The van der Waals surface area contributed by atoms with Gasteiger partial charge in [0.2, 0.25) is 5.88 Å². The van der Waals surface area contributed by atoms with Gasteiger partial charge in [0, 0.05) is 6.42 Å². The summed E-state index contributed by atoms with van der Waals surface area (Å²) in [7, 11) is 1.52. The third-order valence-electron chi connectivity index (χ3n) is 1.45. The monoisotopic (exact) mass is 155 g/mol. The Morgan fingerprint density at radius 1 is 1.64 bits per heavy atom. The van der Waals surface area contributed by atoms with Gasteiger partial charge in [-0.3, -0.25) is 4.79 Å². The predicted molar refractivity (Wildman–Crippen MR) is 39.9 cm³/mol. The molecule has 0 aliphatic carbocycles. The highest BCUT2D eigenvalue weighted by Crippen LogP contribution is 2.08. The van der Waals surface area contributed by atoms with Gasteiger partial charge >= 0.3 is 0 Å². The molecule has 0 atom stereocenters. The van der Waals surface area contributed by atoms with Crippen molar-refractivity contribution in [1.82, 2.24) is 10.6 Å². The molecular weight excluding hydrogens is 144 g/mol. The molecule has 0 aromatic carbocycles. The summed E-state index contributed by atoms with van der Waals surface area (Å²) in [4.78, 5) is 11.1. The highest BCUT2D eigenvalue weighted by Gasteiger charge is 2.19. The molecule has 1 aliphatic rings. The fraction of sp³-hybridized carbons (Fsp3) is 0.429. The molecule has 4 heteroatoms. The topological polar surface area (TPSA) is 50.4 Å². The smallest absolute Gasteiger partial charge is 0.216 e. The fourth-order valence-corrected chi connectivity index (χ4v) is 0.856. The van der Waals surface area contributed by atoms with Crippen LogP contribution in [0.3, 0.4) is 0 Å². The van der Waals surface area contributed by atoms with Gasteiger partial charge in [-0.15, -0.1) is 0 Å². The van der Waals surface area contributed by atoms with Crippen molar-refractivity contribution in [3.63, 3.8) is 0 Å². The molecular formula is C7H11N2O2. The molecule has 0 amide bonds. The molecule has 1 aliphatic heterocycles. The number of carbonyl (C=O) groups excluding carboxylic acids is 1. The Hall–Kier alpha value is -1.19. The first-order valence-electron chi connectivity index (χ1n) is 3.45. The van der Waals surface area contributed by atoms with Crippen LogP contribution in [-0.2, 0) is 9.53 Å². The van der Waals surface area contributed by atoms with E-state index in [2.05, 4.69) is 10.6 Å². The summed E-state index contributed by atoms with van der Waals surface area (Å²) < 4.78 is 4.90. The standard InChI is InChI=1S/C7H11N2O2/c1-3-5(10)6-7(11-2)9-4-8-6/h4,8-9H,3H2,1-2H3. The van der Waals surface area contributed by atoms with Gasteiger partial charge in [0.15, 0.2) is 5.78 Å². The van der Waals surface area contributed by atoms with Crippen molar-refractivity contribution in [2.24, 2.45) is 0 Å². The van der Waals surface area contributed by atoms with E-state index in [1.807, 2.05) is 6.92 Å². The van der Waals surface area contributed by atoms with Crippen LogP contribution >= 0.6 is 0 Å². The van der Waals surface area contributed by atoms with Crippen molar-refractivity contribution in [2.45, 2.75) is 13.3 Å². The number of hydrogen-bond acceptors (Lipinski definition) is 4. The molecule has 0 saturated carbocycles. The molecule has 0 unspecified atom stereocenters. The minimum absolute atomic E-state index is 0.0445. The average Bonchev–Trinajstić information content (AvgIpc) is 2.50. The van der Waals surface area contributed by atoms with Crippen LogP contribution in [0.25, 0.3) is 0 Å². The van der Waals surface area contributed by atoms with E-state index in [9.17, 15) is 4.79 Å². The van der Waals surface area contributed by atoms with Crippen molar-refractivity contribution >= 4 is 5.78 Å². The number of methoxy groups -OCH3 is 1. The second kappa shape index (κ2) is 3.27. The van der Waals surface area contributed by atoms with E-state index in [1.54, 1.807) is 6.67 Å². The second-order valence-electron chi connectivity index (χ2n) is 2.12. The van der Waals surface area contributed by atoms with Crippen LogP contribution in [0.5, 0.6) is 0 Å². The Bertz CT molecular complexity index is 199. The minimum Gasteiger partial charge on any atom is -0.481 e. The van der Waals surface area contributed by atoms with Gasteiger partial charge in [-0.2, -0.15) is 0 Å². The summed E-state index contributed by atoms with van der Waals surface area (Å²) in [5.74, 6) is 0.542. The molecule has 0 aromatic rings. The lowest BCUT2D eigenvalue weighted by atomic mass is 10.2. The van der Waals surface area contributed by atoms with E-state index in [0.29, 0.717) is 18.0 Å². The molecule has 0 fully saturated rings. The third kappa shape index (κ3) is 1.45. The van der Waals surface area contributed by atoms with Gasteiger partial charge in [0.05, 0.1) is 7.11 Å². The molecule has 0 aromatic heterocycles. The van der Waals surface area contributed by atoms with Crippen molar-refractivity contribution in [2.75, 3.05) is 7.11 Å². The van der Waals surface area contributed by atoms with E-state index < -0.39 is 0 Å². The predicted octanol–water partition coefficient (Wildman–Crippen LogP) is 0.0931. The lowest BCUT2D eigenvalue weighted by Gasteiger charge is -2.01.